The van der Waals surface area contributed by atoms with E-state index in [9.17, 15) is 0 Å². The van der Waals surface area contributed by atoms with Crippen molar-refractivity contribution in [3.8, 4) is 0 Å². The normalized spacial score (nSPS) is 11.2. The van der Waals surface area contributed by atoms with Gasteiger partial charge in [0, 0.05) is 6.54 Å². The van der Waals surface area contributed by atoms with E-state index in [1.807, 2.05) is 13.8 Å². The van der Waals surface area contributed by atoms with Gasteiger partial charge in [0.2, 0.25) is 0 Å². The number of rotatable bonds is 8. The molecule has 0 aromatic rings. The van der Waals surface area contributed by atoms with Crippen molar-refractivity contribution in [1.29, 1.82) is 0 Å². The Morgan fingerprint density at radius 1 is 1.43 bits per heavy atom. The molecule has 0 radical (unpaired) electrons. The van der Waals surface area contributed by atoms with Crippen molar-refractivity contribution >= 4 is 17.2 Å². The van der Waals surface area contributed by atoms with Crippen molar-refractivity contribution in [3.05, 3.63) is 0 Å². The maximum atomic E-state index is 5.45. The highest BCUT2D eigenvalue weighted by molar-refractivity contribution is 7.80. The van der Waals surface area contributed by atoms with Gasteiger partial charge in [-0.25, -0.2) is 0 Å². The molecule has 0 heterocycles. The molecule has 0 aromatic carbocycles. The maximum Gasteiger partial charge on any atom is 0.0727 e. The summed E-state index contributed by atoms with van der Waals surface area (Å²) in [6.45, 7) is 6.88. The molecule has 14 heavy (non-hydrogen) atoms. The number of thiocarbonyl (C=S) groups is 1. The first-order valence-electron chi connectivity index (χ1n) is 5.11. The van der Waals surface area contributed by atoms with Gasteiger partial charge in [-0.1, -0.05) is 12.2 Å². The Hall–Kier alpha value is -0.190. The SMILES string of the molecule is CC(C)OCCN(C)CCCC(N)=S. The summed E-state index contributed by atoms with van der Waals surface area (Å²) >= 11 is 4.80. The molecular formula is C10H22N2OS. The van der Waals surface area contributed by atoms with Gasteiger partial charge in [-0.3, -0.25) is 0 Å². The molecule has 0 aliphatic carbocycles. The second kappa shape index (κ2) is 8.15. The van der Waals surface area contributed by atoms with E-state index >= 15 is 0 Å². The Kier molecular flexibility index (Phi) is 8.04. The molecule has 3 nitrogen and oxygen atoms in total. The molecule has 0 aliphatic rings. The van der Waals surface area contributed by atoms with E-state index in [4.69, 9.17) is 22.7 Å². The van der Waals surface area contributed by atoms with Crippen molar-refractivity contribution in [2.75, 3.05) is 26.7 Å². The van der Waals surface area contributed by atoms with Crippen molar-refractivity contribution in [1.82, 2.24) is 4.90 Å². The van der Waals surface area contributed by atoms with Crippen LogP contribution in [0.2, 0.25) is 0 Å². The largest absolute Gasteiger partial charge is 0.393 e. The van der Waals surface area contributed by atoms with E-state index < -0.39 is 0 Å². The zero-order valence-electron chi connectivity index (χ0n) is 9.45. The van der Waals surface area contributed by atoms with Crippen LogP contribution in [0.15, 0.2) is 0 Å². The van der Waals surface area contributed by atoms with E-state index in [0.29, 0.717) is 11.1 Å². The highest BCUT2D eigenvalue weighted by Gasteiger charge is 1.99. The molecule has 0 saturated heterocycles. The first kappa shape index (κ1) is 13.8. The molecule has 0 fully saturated rings. The van der Waals surface area contributed by atoms with Crippen LogP contribution in [-0.2, 0) is 4.74 Å². The van der Waals surface area contributed by atoms with Crippen molar-refractivity contribution < 1.29 is 4.74 Å². The van der Waals surface area contributed by atoms with Gasteiger partial charge < -0.3 is 15.4 Å². The molecule has 0 amide bonds. The van der Waals surface area contributed by atoms with Crippen LogP contribution < -0.4 is 5.73 Å². The quantitative estimate of drug-likeness (QED) is 0.625. The van der Waals surface area contributed by atoms with E-state index in [1.54, 1.807) is 0 Å². The van der Waals surface area contributed by atoms with Gasteiger partial charge in [-0.2, -0.15) is 0 Å². The van der Waals surface area contributed by atoms with Gasteiger partial charge in [0.25, 0.3) is 0 Å². The van der Waals surface area contributed by atoms with Gasteiger partial charge >= 0.3 is 0 Å². The van der Waals surface area contributed by atoms with Gasteiger partial charge in [0.15, 0.2) is 0 Å². The summed E-state index contributed by atoms with van der Waals surface area (Å²) in [6, 6.07) is 0. The third-order valence-electron chi connectivity index (χ3n) is 1.89. The lowest BCUT2D eigenvalue weighted by molar-refractivity contribution is 0.0638. The number of nitrogens with two attached hydrogens (primary N) is 1. The summed E-state index contributed by atoms with van der Waals surface area (Å²) in [5.74, 6) is 0. The lowest BCUT2D eigenvalue weighted by Gasteiger charge is -2.17. The minimum Gasteiger partial charge on any atom is -0.393 e. The van der Waals surface area contributed by atoms with Crippen LogP contribution in [0.5, 0.6) is 0 Å². The van der Waals surface area contributed by atoms with Gasteiger partial charge in [0.05, 0.1) is 17.7 Å². The summed E-state index contributed by atoms with van der Waals surface area (Å²) in [6.07, 6.45) is 2.19. The average Bonchev–Trinajstić information content (AvgIpc) is 2.02. The van der Waals surface area contributed by atoms with E-state index in [2.05, 4.69) is 11.9 Å². The molecule has 0 aromatic heterocycles. The van der Waals surface area contributed by atoms with Crippen molar-refractivity contribution in [3.63, 3.8) is 0 Å². The van der Waals surface area contributed by atoms with Crippen LogP contribution in [0, 0.1) is 0 Å². The van der Waals surface area contributed by atoms with Gasteiger partial charge in [-0.15, -0.1) is 0 Å². The Balaban J connectivity index is 3.27. The van der Waals surface area contributed by atoms with Crippen LogP contribution in [0.4, 0.5) is 0 Å². The smallest absolute Gasteiger partial charge is 0.0727 e. The fraction of sp³-hybridized carbons (Fsp3) is 0.900. The molecule has 84 valence electrons. The number of nitrogens with zero attached hydrogens (tertiary/aromatic N) is 1. The minimum absolute atomic E-state index is 0.319. The van der Waals surface area contributed by atoms with Crippen LogP contribution in [0.3, 0.4) is 0 Å². The summed E-state index contributed by atoms with van der Waals surface area (Å²) in [7, 11) is 2.09. The van der Waals surface area contributed by atoms with E-state index in [0.717, 1.165) is 32.5 Å². The molecule has 4 heteroatoms. The first-order chi connectivity index (χ1) is 6.52. The van der Waals surface area contributed by atoms with E-state index in [-0.39, 0.29) is 0 Å². The molecule has 0 rings (SSSR count). The second-order valence-corrected chi connectivity index (χ2v) is 4.32. The van der Waals surface area contributed by atoms with Gasteiger partial charge in [0.1, 0.15) is 0 Å². The lowest BCUT2D eigenvalue weighted by atomic mass is 10.3. The number of likely N-dealkylation sites (N-methyl/N-ethyl adjacent to an activating group) is 1. The summed E-state index contributed by atoms with van der Waals surface area (Å²) in [5.41, 5.74) is 5.41. The summed E-state index contributed by atoms with van der Waals surface area (Å²) in [4.78, 5) is 2.84. The molecule has 0 unspecified atom stereocenters. The minimum atomic E-state index is 0.319. The molecule has 0 saturated carbocycles. The molecule has 2 N–H and O–H groups in total. The highest BCUT2D eigenvalue weighted by Crippen LogP contribution is 1.94. The lowest BCUT2D eigenvalue weighted by Crippen LogP contribution is -2.26. The zero-order chi connectivity index (χ0) is 11.0. The van der Waals surface area contributed by atoms with Crippen LogP contribution >= 0.6 is 12.2 Å². The fourth-order valence-electron chi connectivity index (χ4n) is 1.08. The Labute approximate surface area is 92.6 Å². The predicted molar refractivity (Wildman–Crippen MR) is 64.6 cm³/mol. The Morgan fingerprint density at radius 2 is 2.07 bits per heavy atom. The molecule has 0 bridgehead atoms. The summed E-state index contributed by atoms with van der Waals surface area (Å²) in [5, 5.41) is 0. The third-order valence-corrected chi connectivity index (χ3v) is 2.09. The van der Waals surface area contributed by atoms with Crippen molar-refractivity contribution in [2.24, 2.45) is 5.73 Å². The van der Waals surface area contributed by atoms with Crippen molar-refractivity contribution in [2.45, 2.75) is 32.8 Å². The summed E-state index contributed by atoms with van der Waals surface area (Å²) < 4.78 is 5.45. The number of ether oxygens (including phenoxy) is 1. The maximum absolute atomic E-state index is 5.45. The van der Waals surface area contributed by atoms with Crippen LogP contribution in [0.1, 0.15) is 26.7 Å². The standard InChI is InChI=1S/C10H22N2OS/c1-9(2)13-8-7-12(3)6-4-5-10(11)14/h9H,4-8H2,1-3H3,(H2,11,14). The number of hydrogen-bond acceptors (Lipinski definition) is 3. The predicted octanol–water partition coefficient (Wildman–Crippen LogP) is 1.41. The zero-order valence-corrected chi connectivity index (χ0v) is 10.3. The molecule has 0 atom stereocenters. The first-order valence-corrected chi connectivity index (χ1v) is 5.51. The molecular weight excluding hydrogens is 196 g/mol. The van der Waals surface area contributed by atoms with Crippen LogP contribution in [-0.4, -0.2) is 42.7 Å². The van der Waals surface area contributed by atoms with E-state index in [1.165, 1.54) is 0 Å². The second-order valence-electron chi connectivity index (χ2n) is 3.79. The monoisotopic (exact) mass is 218 g/mol. The van der Waals surface area contributed by atoms with Gasteiger partial charge in [-0.05, 0) is 40.3 Å². The highest BCUT2D eigenvalue weighted by atomic mass is 32.1. The van der Waals surface area contributed by atoms with Crippen LogP contribution in [0.25, 0.3) is 0 Å². The Morgan fingerprint density at radius 3 is 2.57 bits per heavy atom. The molecule has 0 spiro atoms. The average molecular weight is 218 g/mol. The fourth-order valence-corrected chi connectivity index (χ4v) is 1.22. The third kappa shape index (κ3) is 9.89. The number of hydrogen-bond donors (Lipinski definition) is 1. The topological polar surface area (TPSA) is 38.5 Å². The molecule has 0 aliphatic heterocycles. The Bertz CT molecular complexity index is 162.